The molecule has 264 valence electrons. The molecule has 3 saturated carbocycles. The fraction of sp³-hybridized carbons (Fsp3) is 0.750. The molecule has 3 aliphatic carbocycles. The molecule has 0 aliphatic heterocycles. The highest BCUT2D eigenvalue weighted by molar-refractivity contribution is 7.11. The molecule has 0 N–H and O–H groups in total. The van der Waals surface area contributed by atoms with Crippen LogP contribution in [0.1, 0.15) is 129 Å². The number of hydrogen-bond acceptors (Lipinski definition) is 5. The average Bonchev–Trinajstić information content (AvgIpc) is 3.60. The van der Waals surface area contributed by atoms with Gasteiger partial charge in [-0.1, -0.05) is 79.7 Å². The second-order valence-electron chi connectivity index (χ2n) is 18.5. The Labute approximate surface area is 294 Å². The number of Topliss-reactive ketones (excluding diaryl/α,β-unsaturated/α-hetero) is 1. The van der Waals surface area contributed by atoms with E-state index in [0.29, 0.717) is 34.6 Å². The Bertz CT molecular complexity index is 1320. The zero-order chi connectivity index (χ0) is 35.0. The average molecular weight is 698 g/mol. The van der Waals surface area contributed by atoms with Gasteiger partial charge in [-0.3, -0.25) is 4.79 Å². The highest BCUT2D eigenvalue weighted by Gasteiger charge is 2.50. The van der Waals surface area contributed by atoms with Crippen LogP contribution in [0.5, 0.6) is 0 Å². The zero-order valence-corrected chi connectivity index (χ0v) is 34.9. The largest absolute Gasteiger partial charge is 0.413 e. The van der Waals surface area contributed by atoms with E-state index in [9.17, 15) is 4.79 Å². The van der Waals surface area contributed by atoms with Gasteiger partial charge >= 0.3 is 0 Å². The van der Waals surface area contributed by atoms with Gasteiger partial charge in [0.15, 0.2) is 27.4 Å². The van der Waals surface area contributed by atoms with Gasteiger partial charge in [-0.15, -0.1) is 11.3 Å². The van der Waals surface area contributed by atoms with Crippen molar-refractivity contribution in [3.05, 3.63) is 52.0 Å². The monoisotopic (exact) mass is 697 g/mol. The Balaban J connectivity index is 1.52. The molecule has 3 fully saturated rings. The van der Waals surface area contributed by atoms with E-state index in [1.165, 1.54) is 54.6 Å². The van der Waals surface area contributed by atoms with Crippen LogP contribution in [0.4, 0.5) is 0 Å². The van der Waals surface area contributed by atoms with Crippen LogP contribution in [-0.2, 0) is 8.85 Å². The lowest BCUT2D eigenvalue weighted by molar-refractivity contribution is 0.0898. The molecule has 47 heavy (non-hydrogen) atoms. The van der Waals surface area contributed by atoms with Gasteiger partial charge in [0.05, 0.1) is 12.2 Å². The molecule has 4 rings (SSSR count). The fourth-order valence-corrected chi connectivity index (χ4v) is 11.5. The van der Waals surface area contributed by atoms with Gasteiger partial charge < -0.3 is 8.85 Å². The van der Waals surface area contributed by atoms with Gasteiger partial charge in [-0.2, -0.15) is 0 Å². The number of thiazole rings is 1. The minimum Gasteiger partial charge on any atom is -0.413 e. The second-order valence-corrected chi connectivity index (χ2v) is 28.9. The Morgan fingerprint density at radius 1 is 1.09 bits per heavy atom. The lowest BCUT2D eigenvalue weighted by Gasteiger charge is -2.46. The maximum absolute atomic E-state index is 12.5. The number of aromatic nitrogens is 1. The molecular formula is C40H67NO3SSi2. The molecule has 0 amide bonds. The van der Waals surface area contributed by atoms with E-state index in [0.717, 1.165) is 25.7 Å². The predicted octanol–water partition coefficient (Wildman–Crippen LogP) is 12.3. The summed E-state index contributed by atoms with van der Waals surface area (Å²) in [6, 6.07) is 0. The standard InChI is InChI=1S/C40H67NO3SSi2/c1-28(16-14-18-35(42)37-41-24-25-45-37)33-21-22-34-30(17-15-23-40(33,34)9)19-20-31-26-32(43-46(10,11)38(3,4)5)27-36(29(31)2)44-47(12,13)39(6,7)8/h19-20,24-25,28,32-34,36H,2,14-18,21-23,26-27H2,1,3-13H3/b30-19+,31-20-/t28-,32+,33+,34-,36-,40+/m0/s1. The maximum Gasteiger partial charge on any atom is 0.192 e. The number of fused-ring (bicyclic) bond motifs is 1. The summed E-state index contributed by atoms with van der Waals surface area (Å²) >= 11 is 1.46. The summed E-state index contributed by atoms with van der Waals surface area (Å²) in [6.07, 6.45) is 17.7. The Kier molecular flexibility index (Phi) is 12.0. The van der Waals surface area contributed by atoms with Crippen molar-refractivity contribution in [3.8, 4) is 0 Å². The Morgan fingerprint density at radius 3 is 2.36 bits per heavy atom. The van der Waals surface area contributed by atoms with Crippen molar-refractivity contribution in [2.24, 2.45) is 23.2 Å². The number of hydrogen-bond donors (Lipinski definition) is 0. The first-order valence-electron chi connectivity index (χ1n) is 18.5. The minimum atomic E-state index is -1.99. The summed E-state index contributed by atoms with van der Waals surface area (Å²) in [5.74, 6) is 2.20. The van der Waals surface area contributed by atoms with Crippen molar-refractivity contribution in [1.82, 2.24) is 4.98 Å². The van der Waals surface area contributed by atoms with Crippen molar-refractivity contribution in [3.63, 3.8) is 0 Å². The molecule has 0 saturated heterocycles. The molecule has 7 heteroatoms. The van der Waals surface area contributed by atoms with Crippen molar-refractivity contribution < 1.29 is 13.6 Å². The van der Waals surface area contributed by atoms with Crippen LogP contribution in [0, 0.1) is 23.2 Å². The predicted molar refractivity (Wildman–Crippen MR) is 206 cm³/mol. The molecule has 0 unspecified atom stereocenters. The molecule has 0 bridgehead atoms. The maximum atomic E-state index is 12.5. The van der Waals surface area contributed by atoms with Gasteiger partial charge in [-0.05, 0) is 122 Å². The third kappa shape index (κ3) is 8.79. The van der Waals surface area contributed by atoms with Crippen molar-refractivity contribution >= 4 is 33.8 Å². The highest BCUT2D eigenvalue weighted by Crippen LogP contribution is 2.60. The van der Waals surface area contributed by atoms with E-state index in [-0.39, 0.29) is 28.1 Å². The van der Waals surface area contributed by atoms with E-state index in [4.69, 9.17) is 8.85 Å². The summed E-state index contributed by atoms with van der Waals surface area (Å²) in [5.41, 5.74) is 4.48. The number of carbonyl (C=O) groups excluding carboxylic acids is 1. The number of carbonyl (C=O) groups is 1. The molecule has 1 heterocycles. The van der Waals surface area contributed by atoms with Crippen LogP contribution >= 0.6 is 11.3 Å². The molecule has 4 nitrogen and oxygen atoms in total. The first-order chi connectivity index (χ1) is 21.7. The summed E-state index contributed by atoms with van der Waals surface area (Å²) in [4.78, 5) is 16.8. The molecule has 0 aromatic carbocycles. The molecule has 1 aromatic heterocycles. The zero-order valence-electron chi connectivity index (χ0n) is 32.1. The number of ketones is 1. The number of rotatable bonds is 11. The fourth-order valence-electron chi connectivity index (χ4n) is 8.23. The normalized spacial score (nSPS) is 30.2. The molecule has 0 spiro atoms. The summed E-state index contributed by atoms with van der Waals surface area (Å²) in [6.45, 7) is 33.2. The Hall–Kier alpha value is -1.13. The summed E-state index contributed by atoms with van der Waals surface area (Å²) in [5, 5.41) is 2.87. The minimum absolute atomic E-state index is 0.0138. The van der Waals surface area contributed by atoms with Crippen molar-refractivity contribution in [1.29, 1.82) is 0 Å². The summed E-state index contributed by atoms with van der Waals surface area (Å²) < 4.78 is 14.2. The molecule has 1 aromatic rings. The van der Waals surface area contributed by atoms with Crippen molar-refractivity contribution in [2.45, 2.75) is 168 Å². The molecule has 0 radical (unpaired) electrons. The van der Waals surface area contributed by atoms with E-state index in [2.05, 4.69) is 105 Å². The van der Waals surface area contributed by atoms with Gasteiger partial charge in [0.25, 0.3) is 0 Å². The molecule has 6 atom stereocenters. The van der Waals surface area contributed by atoms with Crippen LogP contribution in [0.15, 0.2) is 47.0 Å². The molecular weight excluding hydrogens is 631 g/mol. The quantitative estimate of drug-likeness (QED) is 0.171. The first-order valence-corrected chi connectivity index (χ1v) is 25.2. The SMILES string of the molecule is C=C1/C(=C\C=C2/CCC[C@]3(C)[C@@H]([C@@H](C)CCCC(=O)c4nccs4)CC[C@@H]23)C[C@@H](O[Si](C)(C)C(C)(C)C)C[C@@H]1O[Si](C)(C)C(C)(C)C. The van der Waals surface area contributed by atoms with Gasteiger partial charge in [0, 0.05) is 24.4 Å². The second kappa shape index (κ2) is 14.6. The van der Waals surface area contributed by atoms with E-state index in [1.54, 1.807) is 11.8 Å². The topological polar surface area (TPSA) is 48.4 Å². The lowest BCUT2D eigenvalue weighted by atomic mass is 9.60. The number of allylic oxidation sites excluding steroid dienone is 3. The van der Waals surface area contributed by atoms with Gasteiger partial charge in [0.1, 0.15) is 0 Å². The van der Waals surface area contributed by atoms with Crippen LogP contribution in [0.3, 0.4) is 0 Å². The highest BCUT2D eigenvalue weighted by atomic mass is 32.1. The molecule has 3 aliphatic rings. The first kappa shape index (κ1) is 38.7. The van der Waals surface area contributed by atoms with Crippen LogP contribution in [0.25, 0.3) is 0 Å². The third-order valence-corrected chi connectivity index (χ3v) is 23.0. The van der Waals surface area contributed by atoms with E-state index >= 15 is 0 Å². The van der Waals surface area contributed by atoms with E-state index < -0.39 is 16.6 Å². The van der Waals surface area contributed by atoms with Gasteiger partial charge in [0.2, 0.25) is 0 Å². The smallest absolute Gasteiger partial charge is 0.192 e. The summed E-state index contributed by atoms with van der Waals surface area (Å²) in [7, 11) is -3.93. The van der Waals surface area contributed by atoms with E-state index in [1.807, 2.05) is 5.38 Å². The van der Waals surface area contributed by atoms with Crippen LogP contribution in [-0.4, -0.2) is 39.6 Å². The lowest BCUT2D eigenvalue weighted by Crippen LogP contribution is -2.49. The van der Waals surface area contributed by atoms with Gasteiger partial charge in [-0.25, -0.2) is 4.98 Å². The van der Waals surface area contributed by atoms with Crippen molar-refractivity contribution in [2.75, 3.05) is 0 Å². The van der Waals surface area contributed by atoms with Crippen LogP contribution in [0.2, 0.25) is 36.3 Å². The third-order valence-electron chi connectivity index (χ3n) is 13.2. The number of nitrogens with zero attached hydrogens (tertiary/aromatic N) is 1. The van der Waals surface area contributed by atoms with Crippen LogP contribution < -0.4 is 0 Å². The Morgan fingerprint density at radius 2 is 1.74 bits per heavy atom.